The van der Waals surface area contributed by atoms with E-state index < -0.39 is 0 Å². The molecule has 0 aliphatic rings. The number of hydrogen-bond acceptors (Lipinski definition) is 8. The minimum Gasteiger partial charge on any atom is -0.497 e. The SMILES string of the molecule is COc1ccc(-c2nnc(SCC(=O)N/N=C/c3ccc(OC)c(OCc4ccccc4)c3)n2-c2ccc(C)cc2)cc1. The molecule has 0 aliphatic carbocycles. The normalized spacial score (nSPS) is 11.0. The number of benzene rings is 4. The molecule has 43 heavy (non-hydrogen) atoms. The quantitative estimate of drug-likeness (QED) is 0.106. The molecule has 0 saturated heterocycles. The molecular weight excluding hydrogens is 562 g/mol. The van der Waals surface area contributed by atoms with Crippen molar-refractivity contribution in [2.75, 3.05) is 20.0 Å². The Bertz CT molecular complexity index is 1690. The average Bonchev–Trinajstić information content (AvgIpc) is 3.47. The topological polar surface area (TPSA) is 99.9 Å². The van der Waals surface area contributed by atoms with Crippen LogP contribution < -0.4 is 19.6 Å². The number of aromatic nitrogens is 3. The molecule has 218 valence electrons. The lowest BCUT2D eigenvalue weighted by atomic mass is 10.2. The van der Waals surface area contributed by atoms with Crippen molar-refractivity contribution >= 4 is 23.9 Å². The monoisotopic (exact) mass is 593 g/mol. The second-order valence-electron chi connectivity index (χ2n) is 9.47. The zero-order valence-electron chi connectivity index (χ0n) is 24.1. The predicted octanol–water partition coefficient (Wildman–Crippen LogP) is 6.08. The van der Waals surface area contributed by atoms with Crippen molar-refractivity contribution in [1.82, 2.24) is 20.2 Å². The number of ether oxygens (including phenoxy) is 3. The zero-order chi connectivity index (χ0) is 30.0. The van der Waals surface area contributed by atoms with Gasteiger partial charge >= 0.3 is 0 Å². The Labute approximate surface area is 254 Å². The van der Waals surface area contributed by atoms with Crippen LogP contribution in [0.3, 0.4) is 0 Å². The number of nitrogens with one attached hydrogen (secondary N) is 1. The van der Waals surface area contributed by atoms with Gasteiger partial charge in [-0.2, -0.15) is 5.10 Å². The molecule has 1 amide bonds. The van der Waals surface area contributed by atoms with Gasteiger partial charge in [-0.1, -0.05) is 59.8 Å². The fourth-order valence-corrected chi connectivity index (χ4v) is 4.92. The third kappa shape index (κ3) is 7.60. The Kier molecular flexibility index (Phi) is 9.71. The highest BCUT2D eigenvalue weighted by Crippen LogP contribution is 2.30. The number of hydrogen-bond donors (Lipinski definition) is 1. The van der Waals surface area contributed by atoms with Crippen LogP contribution in [0, 0.1) is 6.92 Å². The van der Waals surface area contributed by atoms with Gasteiger partial charge in [0.05, 0.1) is 26.2 Å². The minimum atomic E-state index is -0.278. The molecule has 0 atom stereocenters. The maximum atomic E-state index is 12.7. The Morgan fingerprint density at radius 2 is 1.67 bits per heavy atom. The minimum absolute atomic E-state index is 0.0952. The standard InChI is InChI=1S/C33H31N5O4S/c1-23-9-14-27(15-10-23)38-32(26-12-16-28(40-2)17-13-26)36-37-33(38)43-22-31(39)35-34-20-25-11-18-29(41-3)30(19-25)42-21-24-7-5-4-6-8-24/h4-20H,21-22H2,1-3H3,(H,35,39)/b34-20+. The van der Waals surface area contributed by atoms with Crippen LogP contribution in [0.4, 0.5) is 0 Å². The molecule has 0 aliphatic heterocycles. The Morgan fingerprint density at radius 1 is 0.907 bits per heavy atom. The summed E-state index contributed by atoms with van der Waals surface area (Å²) in [5, 5.41) is 13.6. The van der Waals surface area contributed by atoms with Crippen molar-refractivity contribution in [3.05, 3.63) is 114 Å². The molecular formula is C33H31N5O4S. The molecule has 0 fully saturated rings. The van der Waals surface area contributed by atoms with Crippen molar-refractivity contribution in [2.24, 2.45) is 5.10 Å². The first-order valence-electron chi connectivity index (χ1n) is 13.5. The van der Waals surface area contributed by atoms with Crippen LogP contribution in [-0.4, -0.2) is 46.9 Å². The summed E-state index contributed by atoms with van der Waals surface area (Å²) >= 11 is 1.28. The van der Waals surface area contributed by atoms with Gasteiger partial charge in [0.2, 0.25) is 0 Å². The summed E-state index contributed by atoms with van der Waals surface area (Å²) in [7, 11) is 3.22. The number of rotatable bonds is 12. The van der Waals surface area contributed by atoms with Gasteiger partial charge in [0.25, 0.3) is 5.91 Å². The lowest BCUT2D eigenvalue weighted by Crippen LogP contribution is -2.20. The summed E-state index contributed by atoms with van der Waals surface area (Å²) < 4.78 is 18.6. The molecule has 10 heteroatoms. The number of carbonyl (C=O) groups is 1. The van der Waals surface area contributed by atoms with Crippen molar-refractivity contribution in [2.45, 2.75) is 18.7 Å². The van der Waals surface area contributed by atoms with Crippen LogP contribution in [0.25, 0.3) is 17.1 Å². The smallest absolute Gasteiger partial charge is 0.250 e. The third-order valence-corrected chi connectivity index (χ3v) is 7.36. The second-order valence-corrected chi connectivity index (χ2v) is 10.4. The summed E-state index contributed by atoms with van der Waals surface area (Å²) in [6, 6.07) is 31.0. The van der Waals surface area contributed by atoms with E-state index in [4.69, 9.17) is 14.2 Å². The van der Waals surface area contributed by atoms with E-state index in [2.05, 4.69) is 20.7 Å². The van der Waals surface area contributed by atoms with Gasteiger partial charge < -0.3 is 14.2 Å². The first kappa shape index (κ1) is 29.4. The van der Waals surface area contributed by atoms with Crippen LogP contribution >= 0.6 is 11.8 Å². The molecule has 1 heterocycles. The first-order chi connectivity index (χ1) is 21.0. The van der Waals surface area contributed by atoms with Crippen molar-refractivity contribution in [3.63, 3.8) is 0 Å². The number of nitrogens with zero attached hydrogens (tertiary/aromatic N) is 4. The number of methoxy groups -OCH3 is 2. The van der Waals surface area contributed by atoms with E-state index in [1.165, 1.54) is 11.8 Å². The fourth-order valence-electron chi connectivity index (χ4n) is 4.18. The highest BCUT2D eigenvalue weighted by molar-refractivity contribution is 7.99. The lowest BCUT2D eigenvalue weighted by molar-refractivity contribution is -0.118. The molecule has 4 aromatic carbocycles. The maximum absolute atomic E-state index is 12.7. The molecule has 0 bridgehead atoms. The number of amides is 1. The van der Waals surface area contributed by atoms with Crippen molar-refractivity contribution in [3.8, 4) is 34.3 Å². The van der Waals surface area contributed by atoms with E-state index in [9.17, 15) is 4.79 Å². The summed E-state index contributed by atoms with van der Waals surface area (Å²) in [6.45, 7) is 2.44. The largest absolute Gasteiger partial charge is 0.497 e. The summed E-state index contributed by atoms with van der Waals surface area (Å²) in [4.78, 5) is 12.7. The van der Waals surface area contributed by atoms with Gasteiger partial charge in [-0.05, 0) is 72.6 Å². The Morgan fingerprint density at radius 3 is 2.40 bits per heavy atom. The number of carbonyl (C=O) groups excluding carboxylic acids is 1. The van der Waals surface area contributed by atoms with E-state index in [1.54, 1.807) is 26.5 Å². The lowest BCUT2D eigenvalue weighted by Gasteiger charge is -2.11. The molecule has 5 aromatic rings. The van der Waals surface area contributed by atoms with E-state index in [-0.39, 0.29) is 11.7 Å². The van der Waals surface area contributed by atoms with Crippen LogP contribution in [0.1, 0.15) is 16.7 Å². The second kappa shape index (κ2) is 14.2. The summed E-state index contributed by atoms with van der Waals surface area (Å²) in [5.41, 5.74) is 7.30. The van der Waals surface area contributed by atoms with Gasteiger partial charge in [0.15, 0.2) is 22.5 Å². The molecule has 0 radical (unpaired) electrons. The number of hydrazone groups is 1. The molecule has 0 spiro atoms. The zero-order valence-corrected chi connectivity index (χ0v) is 24.9. The van der Waals surface area contributed by atoms with Gasteiger partial charge in [0, 0.05) is 11.3 Å². The first-order valence-corrected chi connectivity index (χ1v) is 14.5. The van der Waals surface area contributed by atoms with Crippen LogP contribution in [0.2, 0.25) is 0 Å². The number of thioether (sulfide) groups is 1. The van der Waals surface area contributed by atoms with Gasteiger partial charge in [-0.25, -0.2) is 5.43 Å². The van der Waals surface area contributed by atoms with E-state index in [0.717, 1.165) is 33.7 Å². The van der Waals surface area contributed by atoms with Gasteiger partial charge in [-0.3, -0.25) is 9.36 Å². The fraction of sp³-hybridized carbons (Fsp3) is 0.152. The highest BCUT2D eigenvalue weighted by Gasteiger charge is 2.17. The highest BCUT2D eigenvalue weighted by atomic mass is 32.2. The maximum Gasteiger partial charge on any atom is 0.250 e. The van der Waals surface area contributed by atoms with E-state index in [1.807, 2.05) is 102 Å². The molecule has 0 unspecified atom stereocenters. The Balaban J connectivity index is 1.25. The molecule has 5 rings (SSSR count). The molecule has 1 N–H and O–H groups in total. The van der Waals surface area contributed by atoms with E-state index >= 15 is 0 Å². The van der Waals surface area contributed by atoms with Gasteiger partial charge in [0.1, 0.15) is 12.4 Å². The van der Waals surface area contributed by atoms with Crippen LogP contribution in [0.15, 0.2) is 107 Å². The van der Waals surface area contributed by atoms with Crippen LogP contribution in [-0.2, 0) is 11.4 Å². The average molecular weight is 594 g/mol. The van der Waals surface area contributed by atoms with Crippen molar-refractivity contribution in [1.29, 1.82) is 0 Å². The van der Waals surface area contributed by atoms with Crippen molar-refractivity contribution < 1.29 is 19.0 Å². The van der Waals surface area contributed by atoms with Crippen LogP contribution in [0.5, 0.6) is 17.2 Å². The Hall–Kier alpha value is -5.09. The summed E-state index contributed by atoms with van der Waals surface area (Å²) in [6.07, 6.45) is 1.56. The number of aryl methyl sites for hydroxylation is 1. The molecule has 9 nitrogen and oxygen atoms in total. The third-order valence-electron chi connectivity index (χ3n) is 6.43. The summed E-state index contributed by atoms with van der Waals surface area (Å²) in [5.74, 6) is 2.43. The van der Waals surface area contributed by atoms with E-state index in [0.29, 0.717) is 29.1 Å². The molecule has 1 aromatic heterocycles. The predicted molar refractivity (Wildman–Crippen MR) is 168 cm³/mol. The molecule has 0 saturated carbocycles. The van der Waals surface area contributed by atoms with Gasteiger partial charge in [-0.15, -0.1) is 10.2 Å².